The molecule has 1 fully saturated rings. The van der Waals surface area contributed by atoms with Gasteiger partial charge >= 0.3 is 6.18 Å². The van der Waals surface area contributed by atoms with Crippen LogP contribution in [0.4, 0.5) is 13.2 Å². The maximum atomic E-state index is 12.6. The van der Waals surface area contributed by atoms with Crippen LogP contribution in [0.25, 0.3) is 0 Å². The van der Waals surface area contributed by atoms with Crippen LogP contribution in [0.5, 0.6) is 0 Å². The maximum Gasteiger partial charge on any atom is 0.416 e. The number of aliphatic imine (C=N–C) groups is 1. The zero-order valence-electron chi connectivity index (χ0n) is 10.2. The smallest absolute Gasteiger partial charge is 0.367 e. The van der Waals surface area contributed by atoms with Gasteiger partial charge in [-0.2, -0.15) is 13.2 Å². The van der Waals surface area contributed by atoms with Gasteiger partial charge in [0.15, 0.2) is 0 Å². The summed E-state index contributed by atoms with van der Waals surface area (Å²) in [6.45, 7) is 1.70. The van der Waals surface area contributed by atoms with Gasteiger partial charge in [0.25, 0.3) is 0 Å². The van der Waals surface area contributed by atoms with E-state index in [2.05, 4.69) is 15.6 Å². The Morgan fingerprint density at radius 2 is 2.11 bits per heavy atom. The highest BCUT2D eigenvalue weighted by Gasteiger charge is 2.33. The zero-order valence-corrected chi connectivity index (χ0v) is 10.2. The minimum Gasteiger partial charge on any atom is -0.367 e. The lowest BCUT2D eigenvalue weighted by atomic mass is 10.1. The Bertz CT molecular complexity index is 510. The number of benzene rings is 1. The van der Waals surface area contributed by atoms with Crippen LogP contribution in [0.2, 0.25) is 0 Å². The minimum absolute atomic E-state index is 0.223. The fourth-order valence-corrected chi connectivity index (χ4v) is 2.55. The van der Waals surface area contributed by atoms with E-state index in [0.717, 1.165) is 25.0 Å². The van der Waals surface area contributed by atoms with Crippen molar-refractivity contribution in [3.8, 4) is 0 Å². The third-order valence-corrected chi connectivity index (χ3v) is 3.48. The first-order chi connectivity index (χ1) is 9.02. The molecule has 0 bridgehead atoms. The van der Waals surface area contributed by atoms with Gasteiger partial charge in [0.05, 0.1) is 17.6 Å². The third-order valence-electron chi connectivity index (χ3n) is 3.48. The number of rotatable bonds is 2. The maximum absolute atomic E-state index is 12.6. The Hall–Kier alpha value is -1.56. The summed E-state index contributed by atoms with van der Waals surface area (Å²) >= 11 is 0. The topological polar surface area (TPSA) is 36.4 Å². The molecule has 0 aliphatic carbocycles. The highest BCUT2D eigenvalue weighted by Crippen LogP contribution is 2.29. The molecule has 3 nitrogen and oxygen atoms in total. The molecule has 0 aromatic heterocycles. The predicted octanol–water partition coefficient (Wildman–Crippen LogP) is 1.59. The van der Waals surface area contributed by atoms with Gasteiger partial charge in [-0.3, -0.25) is 4.99 Å². The lowest BCUT2D eigenvalue weighted by Gasteiger charge is -2.10. The first-order valence-electron chi connectivity index (χ1n) is 6.22. The molecule has 2 atom stereocenters. The van der Waals surface area contributed by atoms with Gasteiger partial charge < -0.3 is 10.6 Å². The van der Waals surface area contributed by atoms with Crippen LogP contribution in [0.1, 0.15) is 11.1 Å². The van der Waals surface area contributed by atoms with E-state index in [4.69, 9.17) is 0 Å². The summed E-state index contributed by atoms with van der Waals surface area (Å²) < 4.78 is 37.8. The van der Waals surface area contributed by atoms with E-state index < -0.39 is 11.7 Å². The summed E-state index contributed by atoms with van der Waals surface area (Å²) in [5.41, 5.74) is 0.0273. The summed E-state index contributed by atoms with van der Waals surface area (Å²) in [6, 6.07) is 5.94. The number of halogens is 3. The lowest BCUT2D eigenvalue weighted by Crippen LogP contribution is -2.35. The summed E-state index contributed by atoms with van der Waals surface area (Å²) in [4.78, 5) is 4.50. The summed E-state index contributed by atoms with van der Waals surface area (Å²) in [7, 11) is 0. The largest absolute Gasteiger partial charge is 0.416 e. The number of nitrogens with one attached hydrogen (secondary N) is 2. The summed E-state index contributed by atoms with van der Waals surface area (Å²) in [5.74, 6) is 0.788. The highest BCUT2D eigenvalue weighted by molar-refractivity contribution is 5.86. The van der Waals surface area contributed by atoms with E-state index in [1.165, 1.54) is 12.1 Å². The molecule has 0 spiro atoms. The second-order valence-electron chi connectivity index (χ2n) is 4.93. The van der Waals surface area contributed by atoms with E-state index >= 15 is 0 Å². The molecule has 0 saturated carbocycles. The Morgan fingerprint density at radius 1 is 1.26 bits per heavy atom. The van der Waals surface area contributed by atoms with Crippen molar-refractivity contribution in [3.05, 3.63) is 35.4 Å². The molecule has 2 aliphatic rings. The van der Waals surface area contributed by atoms with Crippen molar-refractivity contribution in [1.29, 1.82) is 0 Å². The molecule has 1 aromatic rings. The van der Waals surface area contributed by atoms with Crippen LogP contribution < -0.4 is 10.6 Å². The predicted molar refractivity (Wildman–Crippen MR) is 66.2 cm³/mol. The van der Waals surface area contributed by atoms with Crippen LogP contribution in [-0.2, 0) is 12.6 Å². The van der Waals surface area contributed by atoms with Crippen LogP contribution >= 0.6 is 0 Å². The molecular weight excluding hydrogens is 255 g/mol. The van der Waals surface area contributed by atoms with E-state index in [-0.39, 0.29) is 6.04 Å². The third kappa shape index (κ3) is 2.58. The quantitative estimate of drug-likeness (QED) is 0.855. The van der Waals surface area contributed by atoms with Gasteiger partial charge in [-0.25, -0.2) is 0 Å². The van der Waals surface area contributed by atoms with Crippen LogP contribution in [0.3, 0.4) is 0 Å². The minimum atomic E-state index is -4.29. The summed E-state index contributed by atoms with van der Waals surface area (Å²) in [5, 5.41) is 6.49. The molecule has 2 N–H and O–H groups in total. The van der Waals surface area contributed by atoms with Crippen molar-refractivity contribution in [3.63, 3.8) is 0 Å². The normalized spacial score (nSPS) is 25.9. The van der Waals surface area contributed by atoms with Gasteiger partial charge in [0.1, 0.15) is 5.84 Å². The number of fused-ring (bicyclic) bond motifs is 1. The molecular formula is C13H14F3N3. The standard InChI is InChI=1S/C13H14F3N3/c14-13(15,16)9-3-1-2-8(4-9)5-12-18-10-6-17-7-11(10)19-12/h1-4,10-11,17H,5-7H2,(H,18,19). The molecule has 2 heterocycles. The van der Waals surface area contributed by atoms with Crippen molar-refractivity contribution >= 4 is 5.84 Å². The lowest BCUT2D eigenvalue weighted by molar-refractivity contribution is -0.137. The second kappa shape index (κ2) is 4.52. The fourth-order valence-electron chi connectivity index (χ4n) is 2.55. The molecule has 6 heteroatoms. The van der Waals surface area contributed by atoms with Crippen molar-refractivity contribution in [1.82, 2.24) is 10.6 Å². The molecule has 2 unspecified atom stereocenters. The van der Waals surface area contributed by atoms with Gasteiger partial charge in [-0.15, -0.1) is 0 Å². The van der Waals surface area contributed by atoms with E-state index in [9.17, 15) is 13.2 Å². The second-order valence-corrected chi connectivity index (χ2v) is 4.93. The fraction of sp³-hybridized carbons (Fsp3) is 0.462. The molecule has 2 aliphatic heterocycles. The van der Waals surface area contributed by atoms with Crippen molar-refractivity contribution in [2.45, 2.75) is 24.7 Å². The molecule has 0 amide bonds. The number of nitrogens with zero attached hydrogens (tertiary/aromatic N) is 1. The molecule has 0 radical (unpaired) electrons. The van der Waals surface area contributed by atoms with Gasteiger partial charge in [-0.05, 0) is 11.6 Å². The molecule has 1 saturated heterocycles. The number of alkyl halides is 3. The van der Waals surface area contributed by atoms with Gasteiger partial charge in [0.2, 0.25) is 0 Å². The van der Waals surface area contributed by atoms with Gasteiger partial charge in [0, 0.05) is 19.5 Å². The first-order valence-corrected chi connectivity index (χ1v) is 6.22. The van der Waals surface area contributed by atoms with Crippen LogP contribution in [-0.4, -0.2) is 31.0 Å². The van der Waals surface area contributed by atoms with E-state index in [1.807, 2.05) is 0 Å². The zero-order chi connectivity index (χ0) is 13.5. The van der Waals surface area contributed by atoms with E-state index in [0.29, 0.717) is 18.0 Å². The Kier molecular flexibility index (Phi) is 2.97. The van der Waals surface area contributed by atoms with Crippen molar-refractivity contribution in [2.75, 3.05) is 13.1 Å². The van der Waals surface area contributed by atoms with Crippen molar-refractivity contribution < 1.29 is 13.2 Å². The number of hydrogen-bond donors (Lipinski definition) is 2. The molecule has 102 valence electrons. The van der Waals surface area contributed by atoms with Crippen LogP contribution in [0.15, 0.2) is 29.3 Å². The molecule has 1 aromatic carbocycles. The van der Waals surface area contributed by atoms with Crippen molar-refractivity contribution in [2.24, 2.45) is 4.99 Å². The average Bonchev–Trinajstić information content (AvgIpc) is 2.88. The first kappa shape index (κ1) is 12.5. The Labute approximate surface area is 108 Å². The average molecular weight is 269 g/mol. The van der Waals surface area contributed by atoms with Crippen LogP contribution in [0, 0.1) is 0 Å². The highest BCUT2D eigenvalue weighted by atomic mass is 19.4. The van der Waals surface area contributed by atoms with E-state index in [1.54, 1.807) is 6.07 Å². The monoisotopic (exact) mass is 269 g/mol. The summed E-state index contributed by atoms with van der Waals surface area (Å²) in [6.07, 6.45) is -3.86. The molecule has 19 heavy (non-hydrogen) atoms. The molecule has 3 rings (SSSR count). The Morgan fingerprint density at radius 3 is 2.84 bits per heavy atom. The SMILES string of the molecule is FC(F)(F)c1cccc(CC2=NC3CNCC3N2)c1. The van der Waals surface area contributed by atoms with Gasteiger partial charge in [-0.1, -0.05) is 18.2 Å². The number of hydrogen-bond acceptors (Lipinski definition) is 3. The Balaban J connectivity index is 1.74. The number of amidine groups is 1.